The third-order valence-electron chi connectivity index (χ3n) is 3.07. The number of hydrogen-bond donors (Lipinski definition) is 3. The van der Waals surface area contributed by atoms with Gasteiger partial charge in [0.1, 0.15) is 0 Å². The first-order valence-corrected chi connectivity index (χ1v) is 6.61. The van der Waals surface area contributed by atoms with E-state index in [0.717, 1.165) is 29.9 Å². The molecule has 0 saturated heterocycles. The summed E-state index contributed by atoms with van der Waals surface area (Å²) in [5.41, 5.74) is 9.73. The van der Waals surface area contributed by atoms with Crippen molar-refractivity contribution in [3.63, 3.8) is 0 Å². The number of nitrogens with one attached hydrogen (secondary N) is 2. The van der Waals surface area contributed by atoms with Crippen molar-refractivity contribution < 1.29 is 4.79 Å². The number of H-pyrrole nitrogens is 1. The molecule has 6 heteroatoms. The van der Waals surface area contributed by atoms with E-state index in [1.807, 2.05) is 32.9 Å². The summed E-state index contributed by atoms with van der Waals surface area (Å²) in [6.45, 7) is 5.79. The van der Waals surface area contributed by atoms with Gasteiger partial charge in [0.25, 0.3) is 5.91 Å². The van der Waals surface area contributed by atoms with Gasteiger partial charge in [-0.15, -0.1) is 0 Å². The van der Waals surface area contributed by atoms with Gasteiger partial charge in [0.05, 0.1) is 22.8 Å². The molecule has 0 spiro atoms. The van der Waals surface area contributed by atoms with Crippen LogP contribution in [0.5, 0.6) is 0 Å². The number of rotatable bonds is 4. The maximum Gasteiger partial charge on any atom is 0.278 e. The van der Waals surface area contributed by atoms with E-state index < -0.39 is 0 Å². The van der Waals surface area contributed by atoms with E-state index in [9.17, 15) is 4.79 Å². The smallest absolute Gasteiger partial charge is 0.278 e. The van der Waals surface area contributed by atoms with E-state index in [1.165, 1.54) is 0 Å². The molecule has 106 valence electrons. The average molecular weight is 273 g/mol. The van der Waals surface area contributed by atoms with Crippen molar-refractivity contribution in [3.05, 3.63) is 34.9 Å². The quantitative estimate of drug-likeness (QED) is 0.795. The molecule has 4 N–H and O–H groups in total. The van der Waals surface area contributed by atoms with Crippen LogP contribution in [0.25, 0.3) is 0 Å². The minimum absolute atomic E-state index is 0.230. The SMILES string of the molecule is CCCc1[nH]nc(C(=O)Nc2ccc(C)nc2C)c1N. The lowest BCUT2D eigenvalue weighted by Crippen LogP contribution is -2.15. The standard InChI is InChI=1S/C14H19N5O/c1-4-5-11-12(15)13(19-18-11)14(20)17-10-7-6-8(2)16-9(10)3/h6-7H,4-5,15H2,1-3H3,(H,17,20)(H,18,19). The lowest BCUT2D eigenvalue weighted by atomic mass is 10.2. The lowest BCUT2D eigenvalue weighted by Gasteiger charge is -2.07. The van der Waals surface area contributed by atoms with Crippen LogP contribution >= 0.6 is 0 Å². The van der Waals surface area contributed by atoms with E-state index in [4.69, 9.17) is 5.73 Å². The predicted octanol–water partition coefficient (Wildman–Crippen LogP) is 2.21. The normalized spacial score (nSPS) is 10.6. The van der Waals surface area contributed by atoms with E-state index in [1.54, 1.807) is 0 Å². The maximum absolute atomic E-state index is 12.2. The molecule has 1 amide bonds. The number of nitrogen functional groups attached to an aromatic ring is 1. The van der Waals surface area contributed by atoms with Gasteiger partial charge >= 0.3 is 0 Å². The molecule has 6 nitrogen and oxygen atoms in total. The summed E-state index contributed by atoms with van der Waals surface area (Å²) in [7, 11) is 0. The van der Waals surface area contributed by atoms with E-state index in [-0.39, 0.29) is 11.6 Å². The zero-order chi connectivity index (χ0) is 14.7. The summed E-state index contributed by atoms with van der Waals surface area (Å²) in [6.07, 6.45) is 1.71. The molecule has 0 atom stereocenters. The van der Waals surface area contributed by atoms with Crippen LogP contribution in [0.15, 0.2) is 12.1 Å². The predicted molar refractivity (Wildman–Crippen MR) is 78.7 cm³/mol. The van der Waals surface area contributed by atoms with Crippen molar-refractivity contribution in [2.75, 3.05) is 11.1 Å². The van der Waals surface area contributed by atoms with E-state index >= 15 is 0 Å². The molecule has 0 unspecified atom stereocenters. The third-order valence-corrected chi connectivity index (χ3v) is 3.07. The van der Waals surface area contributed by atoms with Crippen molar-refractivity contribution in [2.45, 2.75) is 33.6 Å². The Morgan fingerprint density at radius 1 is 1.40 bits per heavy atom. The van der Waals surface area contributed by atoms with Crippen LogP contribution in [0, 0.1) is 13.8 Å². The van der Waals surface area contributed by atoms with Crippen LogP contribution in [0.1, 0.15) is 40.9 Å². The third kappa shape index (κ3) is 2.79. The van der Waals surface area contributed by atoms with E-state index in [0.29, 0.717) is 11.4 Å². The number of anilines is 2. The Hall–Kier alpha value is -2.37. The Balaban J connectivity index is 2.20. The van der Waals surface area contributed by atoms with Crippen molar-refractivity contribution in [1.29, 1.82) is 0 Å². The van der Waals surface area contributed by atoms with Gasteiger partial charge in [-0.2, -0.15) is 5.10 Å². The first kappa shape index (κ1) is 14.0. The summed E-state index contributed by atoms with van der Waals surface area (Å²) in [5.74, 6) is -0.324. The van der Waals surface area contributed by atoms with Crippen molar-refractivity contribution in [3.8, 4) is 0 Å². The van der Waals surface area contributed by atoms with Crippen molar-refractivity contribution in [1.82, 2.24) is 15.2 Å². The number of aromatic nitrogens is 3. The first-order valence-electron chi connectivity index (χ1n) is 6.61. The topological polar surface area (TPSA) is 96.7 Å². The van der Waals surface area contributed by atoms with Gasteiger partial charge in [0.2, 0.25) is 0 Å². The molecule has 0 aliphatic rings. The molecule has 2 rings (SSSR count). The van der Waals surface area contributed by atoms with Crippen LogP contribution in [0.2, 0.25) is 0 Å². The minimum Gasteiger partial charge on any atom is -0.395 e. The monoisotopic (exact) mass is 273 g/mol. The maximum atomic E-state index is 12.2. The van der Waals surface area contributed by atoms with Gasteiger partial charge in [0, 0.05) is 5.69 Å². The molecule has 0 aromatic carbocycles. The number of hydrogen-bond acceptors (Lipinski definition) is 4. The van der Waals surface area contributed by atoms with Gasteiger partial charge in [0.15, 0.2) is 5.69 Å². The number of pyridine rings is 1. The second-order valence-corrected chi connectivity index (χ2v) is 4.75. The highest BCUT2D eigenvalue weighted by Crippen LogP contribution is 2.18. The molecule has 0 bridgehead atoms. The molecular formula is C14H19N5O. The molecule has 2 aromatic rings. The number of carbonyl (C=O) groups excluding carboxylic acids is 1. The number of aromatic amines is 1. The fourth-order valence-corrected chi connectivity index (χ4v) is 2.00. The molecule has 0 aliphatic heterocycles. The molecule has 0 aliphatic carbocycles. The molecule has 0 saturated carbocycles. The molecule has 2 aromatic heterocycles. The fraction of sp³-hybridized carbons (Fsp3) is 0.357. The highest BCUT2D eigenvalue weighted by Gasteiger charge is 2.17. The molecule has 0 radical (unpaired) electrons. The fourth-order valence-electron chi connectivity index (χ4n) is 2.00. The molecule has 20 heavy (non-hydrogen) atoms. The van der Waals surface area contributed by atoms with Gasteiger partial charge in [-0.3, -0.25) is 14.9 Å². The Morgan fingerprint density at radius 3 is 2.80 bits per heavy atom. The number of nitrogens with zero attached hydrogens (tertiary/aromatic N) is 2. The highest BCUT2D eigenvalue weighted by atomic mass is 16.2. The molecule has 0 fully saturated rings. The van der Waals surface area contributed by atoms with Crippen LogP contribution in [0.4, 0.5) is 11.4 Å². The Bertz CT molecular complexity index is 632. The Morgan fingerprint density at radius 2 is 2.15 bits per heavy atom. The van der Waals surface area contributed by atoms with Gasteiger partial charge in [-0.25, -0.2) is 0 Å². The average Bonchev–Trinajstić information content (AvgIpc) is 2.75. The van der Waals surface area contributed by atoms with E-state index in [2.05, 4.69) is 20.5 Å². The van der Waals surface area contributed by atoms with Crippen LogP contribution in [0.3, 0.4) is 0 Å². The number of carbonyl (C=O) groups is 1. The number of amides is 1. The number of aryl methyl sites for hydroxylation is 3. The minimum atomic E-state index is -0.324. The summed E-state index contributed by atoms with van der Waals surface area (Å²) in [6, 6.07) is 3.67. The van der Waals surface area contributed by atoms with Gasteiger partial charge in [-0.05, 0) is 32.4 Å². The number of nitrogens with two attached hydrogens (primary N) is 1. The van der Waals surface area contributed by atoms with Crippen LogP contribution in [-0.4, -0.2) is 21.1 Å². The van der Waals surface area contributed by atoms with Crippen molar-refractivity contribution >= 4 is 17.3 Å². The van der Waals surface area contributed by atoms with Crippen molar-refractivity contribution in [2.24, 2.45) is 0 Å². The summed E-state index contributed by atoms with van der Waals surface area (Å²) < 4.78 is 0. The second-order valence-electron chi connectivity index (χ2n) is 4.75. The highest BCUT2D eigenvalue weighted by molar-refractivity contribution is 6.06. The Kier molecular flexibility index (Phi) is 4.02. The lowest BCUT2D eigenvalue weighted by molar-refractivity contribution is 0.102. The van der Waals surface area contributed by atoms with Crippen LogP contribution in [-0.2, 0) is 6.42 Å². The first-order chi connectivity index (χ1) is 9.52. The summed E-state index contributed by atoms with van der Waals surface area (Å²) in [4.78, 5) is 16.5. The summed E-state index contributed by atoms with van der Waals surface area (Å²) in [5, 5.41) is 9.60. The summed E-state index contributed by atoms with van der Waals surface area (Å²) >= 11 is 0. The van der Waals surface area contributed by atoms with Gasteiger partial charge < -0.3 is 11.1 Å². The molecular weight excluding hydrogens is 254 g/mol. The Labute approximate surface area is 117 Å². The van der Waals surface area contributed by atoms with Crippen LogP contribution < -0.4 is 11.1 Å². The van der Waals surface area contributed by atoms with Gasteiger partial charge in [-0.1, -0.05) is 13.3 Å². The second kappa shape index (κ2) is 5.73. The zero-order valence-corrected chi connectivity index (χ0v) is 11.9. The molecule has 2 heterocycles. The largest absolute Gasteiger partial charge is 0.395 e. The zero-order valence-electron chi connectivity index (χ0n) is 11.9.